The van der Waals surface area contributed by atoms with Crippen LogP contribution in [0, 0.1) is 5.92 Å². The highest BCUT2D eigenvalue weighted by Gasteiger charge is 2.27. The van der Waals surface area contributed by atoms with Gasteiger partial charge in [-0.05, 0) is 29.9 Å². The maximum Gasteiger partial charge on any atom is 0.0965 e. The molecule has 1 fully saturated rings. The molecule has 0 amide bonds. The summed E-state index contributed by atoms with van der Waals surface area (Å²) in [7, 11) is 0. The van der Waals surface area contributed by atoms with Gasteiger partial charge in [-0.2, -0.15) is 0 Å². The molecule has 88 valence electrons. The molecule has 1 aliphatic carbocycles. The van der Waals surface area contributed by atoms with Crippen LogP contribution in [0.15, 0.2) is 24.3 Å². The van der Waals surface area contributed by atoms with Crippen LogP contribution < -0.4 is 5.73 Å². The minimum atomic E-state index is -0.248. The first-order chi connectivity index (χ1) is 7.86. The molecule has 1 nitrogen and oxygen atoms in total. The van der Waals surface area contributed by atoms with Crippen LogP contribution in [0.5, 0.6) is 0 Å². The Morgan fingerprint density at radius 1 is 1.25 bits per heavy atom. The molecule has 0 saturated heterocycles. The molecule has 2 heteroatoms. The van der Waals surface area contributed by atoms with Crippen molar-refractivity contribution in [3.63, 3.8) is 0 Å². The highest BCUT2D eigenvalue weighted by atomic mass is 19.1. The largest absolute Gasteiger partial charge is 0.326 e. The molecular weight excluding hydrogens is 201 g/mol. The lowest BCUT2D eigenvalue weighted by Gasteiger charge is -2.23. The Balaban J connectivity index is 2.24. The fourth-order valence-electron chi connectivity index (χ4n) is 2.90. The van der Waals surface area contributed by atoms with Crippen LogP contribution in [-0.2, 0) is 6.54 Å². The highest BCUT2D eigenvalue weighted by Crippen LogP contribution is 2.38. The molecule has 1 unspecified atom stereocenters. The molecule has 1 saturated carbocycles. The zero-order valence-corrected chi connectivity index (χ0v) is 9.66. The van der Waals surface area contributed by atoms with E-state index in [0.29, 0.717) is 12.5 Å². The quantitative estimate of drug-likeness (QED) is 0.828. The number of halogens is 1. The van der Waals surface area contributed by atoms with Gasteiger partial charge in [-0.3, -0.25) is 4.39 Å². The molecule has 0 spiro atoms. The van der Waals surface area contributed by atoms with Crippen molar-refractivity contribution in [3.05, 3.63) is 35.4 Å². The first-order valence-electron chi connectivity index (χ1n) is 6.20. The summed E-state index contributed by atoms with van der Waals surface area (Å²) in [6.07, 6.45) is 4.86. The average Bonchev–Trinajstić information content (AvgIpc) is 2.84. The summed E-state index contributed by atoms with van der Waals surface area (Å²) in [6.45, 7) is 0.265. The summed E-state index contributed by atoms with van der Waals surface area (Å²) in [5.74, 6) is 0.597. The lowest BCUT2D eigenvalue weighted by atomic mass is 9.83. The van der Waals surface area contributed by atoms with Crippen LogP contribution in [0.25, 0.3) is 0 Å². The molecular formula is C14H20FN. The standard InChI is InChI=1S/C14H20FN/c15-9-14(11-5-1-2-6-11)13-8-4-3-7-12(13)10-16/h3-4,7-8,11,14H,1-2,5-6,9-10,16H2. The smallest absolute Gasteiger partial charge is 0.0965 e. The van der Waals surface area contributed by atoms with Gasteiger partial charge in [-0.25, -0.2) is 0 Å². The molecule has 1 aromatic rings. The molecule has 1 atom stereocenters. The van der Waals surface area contributed by atoms with Gasteiger partial charge in [-0.1, -0.05) is 37.1 Å². The van der Waals surface area contributed by atoms with E-state index >= 15 is 0 Å². The maximum atomic E-state index is 13.3. The molecule has 0 bridgehead atoms. The van der Waals surface area contributed by atoms with Crippen LogP contribution in [-0.4, -0.2) is 6.67 Å². The molecule has 2 N–H and O–H groups in total. The summed E-state index contributed by atoms with van der Waals surface area (Å²) in [5.41, 5.74) is 7.97. The van der Waals surface area contributed by atoms with Gasteiger partial charge in [0.15, 0.2) is 0 Å². The number of hydrogen-bond acceptors (Lipinski definition) is 1. The van der Waals surface area contributed by atoms with Crippen molar-refractivity contribution in [1.29, 1.82) is 0 Å². The maximum absolute atomic E-state index is 13.3. The minimum Gasteiger partial charge on any atom is -0.326 e. The van der Waals surface area contributed by atoms with E-state index < -0.39 is 0 Å². The second-order valence-corrected chi connectivity index (χ2v) is 4.71. The van der Waals surface area contributed by atoms with Crippen molar-refractivity contribution in [2.45, 2.75) is 38.1 Å². The lowest BCUT2D eigenvalue weighted by Crippen LogP contribution is -2.15. The van der Waals surface area contributed by atoms with Crippen LogP contribution >= 0.6 is 0 Å². The fraction of sp³-hybridized carbons (Fsp3) is 0.571. The predicted octanol–water partition coefficient (Wildman–Crippen LogP) is 3.39. The summed E-state index contributed by atoms with van der Waals surface area (Å²) in [4.78, 5) is 0. The van der Waals surface area contributed by atoms with Crippen molar-refractivity contribution in [3.8, 4) is 0 Å². The summed E-state index contributed by atoms with van der Waals surface area (Å²) < 4.78 is 13.3. The number of hydrogen-bond donors (Lipinski definition) is 1. The first kappa shape index (κ1) is 11.6. The van der Waals surface area contributed by atoms with Gasteiger partial charge in [0.2, 0.25) is 0 Å². The molecule has 2 rings (SSSR count). The highest BCUT2D eigenvalue weighted by molar-refractivity contribution is 5.31. The zero-order valence-electron chi connectivity index (χ0n) is 9.66. The van der Waals surface area contributed by atoms with Crippen molar-refractivity contribution < 1.29 is 4.39 Å². The van der Waals surface area contributed by atoms with Crippen molar-refractivity contribution in [1.82, 2.24) is 0 Å². The number of nitrogens with two attached hydrogens (primary N) is 1. The fourth-order valence-corrected chi connectivity index (χ4v) is 2.90. The van der Waals surface area contributed by atoms with Crippen LogP contribution in [0.2, 0.25) is 0 Å². The Labute approximate surface area is 96.9 Å². The lowest BCUT2D eigenvalue weighted by molar-refractivity contribution is 0.335. The second kappa shape index (κ2) is 5.44. The number of alkyl halides is 1. The van der Waals surface area contributed by atoms with E-state index in [1.807, 2.05) is 24.3 Å². The van der Waals surface area contributed by atoms with E-state index in [0.717, 1.165) is 11.1 Å². The van der Waals surface area contributed by atoms with E-state index in [2.05, 4.69) is 0 Å². The van der Waals surface area contributed by atoms with Gasteiger partial charge < -0.3 is 5.73 Å². The zero-order chi connectivity index (χ0) is 11.4. The van der Waals surface area contributed by atoms with Crippen LogP contribution in [0.3, 0.4) is 0 Å². The third kappa shape index (κ3) is 2.27. The predicted molar refractivity (Wildman–Crippen MR) is 65.0 cm³/mol. The van der Waals surface area contributed by atoms with Gasteiger partial charge in [0, 0.05) is 12.5 Å². The Bertz CT molecular complexity index is 331. The summed E-state index contributed by atoms with van der Waals surface area (Å²) in [6, 6.07) is 8.04. The normalized spacial score (nSPS) is 18.9. The summed E-state index contributed by atoms with van der Waals surface area (Å²) >= 11 is 0. The summed E-state index contributed by atoms with van der Waals surface area (Å²) in [5, 5.41) is 0. The van der Waals surface area contributed by atoms with E-state index in [1.54, 1.807) is 0 Å². The molecule has 0 aromatic heterocycles. The van der Waals surface area contributed by atoms with Gasteiger partial charge in [0.25, 0.3) is 0 Å². The Kier molecular flexibility index (Phi) is 3.94. The Morgan fingerprint density at radius 3 is 2.56 bits per heavy atom. The van der Waals surface area contributed by atoms with Gasteiger partial charge >= 0.3 is 0 Å². The van der Waals surface area contributed by atoms with E-state index in [-0.39, 0.29) is 12.6 Å². The van der Waals surface area contributed by atoms with Gasteiger partial charge in [-0.15, -0.1) is 0 Å². The molecule has 0 radical (unpaired) electrons. The van der Waals surface area contributed by atoms with Crippen LogP contribution in [0.4, 0.5) is 4.39 Å². The number of benzene rings is 1. The molecule has 0 aliphatic heterocycles. The first-order valence-corrected chi connectivity index (χ1v) is 6.20. The van der Waals surface area contributed by atoms with Gasteiger partial charge in [0.1, 0.15) is 0 Å². The van der Waals surface area contributed by atoms with E-state index in [1.165, 1.54) is 25.7 Å². The molecule has 0 heterocycles. The van der Waals surface area contributed by atoms with E-state index in [4.69, 9.17) is 5.73 Å². The number of rotatable bonds is 4. The SMILES string of the molecule is NCc1ccccc1C(CF)C1CCCC1. The van der Waals surface area contributed by atoms with Crippen LogP contribution in [0.1, 0.15) is 42.7 Å². The molecule has 16 heavy (non-hydrogen) atoms. The molecule has 1 aromatic carbocycles. The van der Waals surface area contributed by atoms with E-state index in [9.17, 15) is 4.39 Å². The van der Waals surface area contributed by atoms with Crippen molar-refractivity contribution in [2.75, 3.05) is 6.67 Å². The average molecular weight is 221 g/mol. The third-order valence-electron chi connectivity index (χ3n) is 3.81. The van der Waals surface area contributed by atoms with Crippen molar-refractivity contribution in [2.24, 2.45) is 11.7 Å². The van der Waals surface area contributed by atoms with Crippen molar-refractivity contribution >= 4 is 0 Å². The minimum absolute atomic E-state index is 0.0715. The third-order valence-corrected chi connectivity index (χ3v) is 3.81. The Morgan fingerprint density at radius 2 is 1.94 bits per heavy atom. The molecule has 1 aliphatic rings. The monoisotopic (exact) mass is 221 g/mol. The second-order valence-electron chi connectivity index (χ2n) is 4.71. The Hall–Kier alpha value is -0.890. The topological polar surface area (TPSA) is 26.0 Å². The van der Waals surface area contributed by atoms with Gasteiger partial charge in [0.05, 0.1) is 6.67 Å².